The molecule has 1 aliphatic carbocycles. The number of nitrogens with zero attached hydrogens (tertiary/aromatic N) is 1. The van der Waals surface area contributed by atoms with Crippen molar-refractivity contribution >= 4 is 15.9 Å². The van der Waals surface area contributed by atoms with Gasteiger partial charge in [0.2, 0.25) is 15.9 Å². The predicted molar refractivity (Wildman–Crippen MR) is 86.8 cm³/mol. The molecule has 2 fully saturated rings. The maximum atomic E-state index is 11.7. The number of sulfonamides is 1. The molecule has 1 saturated carbocycles. The Bertz CT molecular complexity index is 453. The van der Waals surface area contributed by atoms with Gasteiger partial charge >= 0.3 is 0 Å². The zero-order chi connectivity index (χ0) is 16.0. The molecule has 0 aromatic heterocycles. The zero-order valence-electron chi connectivity index (χ0n) is 13.3. The van der Waals surface area contributed by atoms with Crippen LogP contribution in [0.2, 0.25) is 0 Å². The van der Waals surface area contributed by atoms with Crippen molar-refractivity contribution in [1.82, 2.24) is 10.2 Å². The van der Waals surface area contributed by atoms with E-state index in [-0.39, 0.29) is 18.1 Å². The van der Waals surface area contributed by atoms with Gasteiger partial charge in [-0.05, 0) is 51.1 Å². The molecule has 1 amide bonds. The first-order valence-electron chi connectivity index (χ1n) is 8.45. The van der Waals surface area contributed by atoms with E-state index >= 15 is 0 Å². The zero-order valence-corrected chi connectivity index (χ0v) is 14.1. The Morgan fingerprint density at radius 2 is 1.77 bits per heavy atom. The summed E-state index contributed by atoms with van der Waals surface area (Å²) in [4.78, 5) is 14.3. The first-order valence-corrected chi connectivity index (χ1v) is 10.2. The number of nitrogens with two attached hydrogens (primary N) is 1. The Hall–Kier alpha value is -0.660. The molecule has 0 aromatic carbocycles. The van der Waals surface area contributed by atoms with Crippen LogP contribution < -0.4 is 10.5 Å². The minimum atomic E-state index is -3.46. The lowest BCUT2D eigenvalue weighted by Crippen LogP contribution is -2.42. The number of likely N-dealkylation sites (tertiary alicyclic amines) is 1. The van der Waals surface area contributed by atoms with E-state index in [0.717, 1.165) is 32.0 Å². The Morgan fingerprint density at radius 3 is 2.36 bits per heavy atom. The smallest absolute Gasteiger partial charge is 0.220 e. The van der Waals surface area contributed by atoms with Crippen molar-refractivity contribution in [3.63, 3.8) is 0 Å². The largest absolute Gasteiger partial charge is 0.356 e. The highest BCUT2D eigenvalue weighted by atomic mass is 32.2. The molecule has 3 N–H and O–H groups in total. The minimum Gasteiger partial charge on any atom is -0.356 e. The van der Waals surface area contributed by atoms with Crippen LogP contribution >= 0.6 is 0 Å². The molecule has 22 heavy (non-hydrogen) atoms. The Morgan fingerprint density at radius 1 is 1.14 bits per heavy atom. The van der Waals surface area contributed by atoms with Crippen LogP contribution in [0, 0.1) is 5.92 Å². The van der Waals surface area contributed by atoms with E-state index in [1.165, 1.54) is 25.7 Å². The van der Waals surface area contributed by atoms with Crippen LogP contribution in [0.3, 0.4) is 0 Å². The number of hydrogen-bond acceptors (Lipinski definition) is 4. The second-order valence-corrected chi connectivity index (χ2v) is 8.43. The molecular formula is C15H29N3O3S. The van der Waals surface area contributed by atoms with Gasteiger partial charge < -0.3 is 10.2 Å². The number of hydrogen-bond donors (Lipinski definition) is 2. The maximum Gasteiger partial charge on any atom is 0.220 e. The van der Waals surface area contributed by atoms with Crippen molar-refractivity contribution < 1.29 is 13.2 Å². The first kappa shape index (κ1) is 17.7. The second-order valence-electron chi connectivity index (χ2n) is 6.69. The molecule has 7 heteroatoms. The number of nitrogens with one attached hydrogen (secondary N) is 1. The third-order valence-electron chi connectivity index (χ3n) is 4.91. The van der Waals surface area contributed by atoms with Gasteiger partial charge in [-0.3, -0.25) is 4.79 Å². The third-order valence-corrected chi connectivity index (χ3v) is 5.77. The van der Waals surface area contributed by atoms with Crippen LogP contribution in [-0.4, -0.2) is 50.7 Å². The highest BCUT2D eigenvalue weighted by Gasteiger charge is 2.27. The summed E-state index contributed by atoms with van der Waals surface area (Å²) < 4.78 is 21.6. The van der Waals surface area contributed by atoms with Gasteiger partial charge in [-0.15, -0.1) is 0 Å². The molecule has 6 nitrogen and oxygen atoms in total. The van der Waals surface area contributed by atoms with Gasteiger partial charge in [0.15, 0.2) is 0 Å². The Labute approximate surface area is 133 Å². The summed E-state index contributed by atoms with van der Waals surface area (Å²) in [6.45, 7) is 3.01. The van der Waals surface area contributed by atoms with E-state index in [1.54, 1.807) is 0 Å². The van der Waals surface area contributed by atoms with Crippen molar-refractivity contribution in [2.45, 2.75) is 57.4 Å². The fourth-order valence-electron chi connectivity index (χ4n) is 3.57. The van der Waals surface area contributed by atoms with Gasteiger partial charge in [-0.25, -0.2) is 13.6 Å². The van der Waals surface area contributed by atoms with E-state index in [4.69, 9.17) is 5.14 Å². The first-order chi connectivity index (χ1) is 10.4. The molecule has 0 bridgehead atoms. The van der Waals surface area contributed by atoms with Gasteiger partial charge in [0, 0.05) is 19.0 Å². The van der Waals surface area contributed by atoms with E-state index < -0.39 is 10.0 Å². The van der Waals surface area contributed by atoms with Crippen LogP contribution in [0.15, 0.2) is 0 Å². The average Bonchev–Trinajstić information content (AvgIpc) is 2.98. The molecule has 0 spiro atoms. The molecule has 0 aromatic rings. The minimum absolute atomic E-state index is 0.0677. The number of carbonyl (C=O) groups is 1. The van der Waals surface area contributed by atoms with E-state index in [0.29, 0.717) is 18.9 Å². The standard InChI is InChI=1S/C15H29N3O3S/c16-22(20,21)11-3-6-15(19)17-12-13-7-9-18(10-8-13)14-4-1-2-5-14/h13-14H,1-12H2,(H,17,19)(H2,16,20,21). The SMILES string of the molecule is NS(=O)(=O)CCCC(=O)NCC1CCN(C2CCCC2)CC1. The molecule has 128 valence electrons. The van der Waals surface area contributed by atoms with Crippen LogP contribution in [0.5, 0.6) is 0 Å². The molecule has 1 saturated heterocycles. The normalized spacial score (nSPS) is 22.0. The Kier molecular flexibility index (Phi) is 6.65. The van der Waals surface area contributed by atoms with E-state index in [1.807, 2.05) is 0 Å². The summed E-state index contributed by atoms with van der Waals surface area (Å²) >= 11 is 0. The average molecular weight is 331 g/mol. The summed E-state index contributed by atoms with van der Waals surface area (Å²) in [5.74, 6) is 0.363. The van der Waals surface area contributed by atoms with Crippen molar-refractivity contribution in [2.75, 3.05) is 25.4 Å². The van der Waals surface area contributed by atoms with Crippen molar-refractivity contribution in [2.24, 2.45) is 11.1 Å². The number of rotatable bonds is 7. The van der Waals surface area contributed by atoms with E-state index in [2.05, 4.69) is 10.2 Å². The van der Waals surface area contributed by atoms with Gasteiger partial charge in [-0.1, -0.05) is 12.8 Å². The maximum absolute atomic E-state index is 11.7. The second kappa shape index (κ2) is 8.26. The summed E-state index contributed by atoms with van der Waals surface area (Å²) in [5, 5.41) is 7.84. The highest BCUT2D eigenvalue weighted by molar-refractivity contribution is 7.89. The lowest BCUT2D eigenvalue weighted by atomic mass is 9.95. The molecule has 0 atom stereocenters. The van der Waals surface area contributed by atoms with Crippen LogP contribution in [0.25, 0.3) is 0 Å². The van der Waals surface area contributed by atoms with Crippen molar-refractivity contribution in [3.05, 3.63) is 0 Å². The Balaban J connectivity index is 1.57. The van der Waals surface area contributed by atoms with E-state index in [9.17, 15) is 13.2 Å². The molecule has 0 radical (unpaired) electrons. The fourth-order valence-corrected chi connectivity index (χ4v) is 4.12. The lowest BCUT2D eigenvalue weighted by Gasteiger charge is -2.36. The summed E-state index contributed by atoms with van der Waals surface area (Å²) in [5.41, 5.74) is 0. The van der Waals surface area contributed by atoms with Gasteiger partial charge in [-0.2, -0.15) is 0 Å². The summed E-state index contributed by atoms with van der Waals surface area (Å²) in [6.07, 6.45) is 8.28. The molecular weight excluding hydrogens is 302 g/mol. The number of primary sulfonamides is 1. The number of carbonyl (C=O) groups excluding carboxylic acids is 1. The monoisotopic (exact) mass is 331 g/mol. The number of amides is 1. The molecule has 2 rings (SSSR count). The van der Waals surface area contributed by atoms with Crippen molar-refractivity contribution in [1.29, 1.82) is 0 Å². The third kappa shape index (κ3) is 6.22. The quantitative estimate of drug-likeness (QED) is 0.722. The summed E-state index contributed by atoms with van der Waals surface area (Å²) in [7, 11) is -3.46. The lowest BCUT2D eigenvalue weighted by molar-refractivity contribution is -0.121. The highest BCUT2D eigenvalue weighted by Crippen LogP contribution is 2.27. The molecule has 1 aliphatic heterocycles. The topological polar surface area (TPSA) is 92.5 Å². The van der Waals surface area contributed by atoms with Gasteiger partial charge in [0.1, 0.15) is 0 Å². The number of piperidine rings is 1. The van der Waals surface area contributed by atoms with Crippen molar-refractivity contribution in [3.8, 4) is 0 Å². The summed E-state index contributed by atoms with van der Waals surface area (Å²) in [6, 6.07) is 0.800. The van der Waals surface area contributed by atoms with Crippen LogP contribution in [-0.2, 0) is 14.8 Å². The molecule has 2 aliphatic rings. The van der Waals surface area contributed by atoms with Crippen LogP contribution in [0.4, 0.5) is 0 Å². The fraction of sp³-hybridized carbons (Fsp3) is 0.933. The van der Waals surface area contributed by atoms with Crippen LogP contribution in [0.1, 0.15) is 51.4 Å². The molecule has 0 unspecified atom stereocenters. The van der Waals surface area contributed by atoms with Gasteiger partial charge in [0.25, 0.3) is 0 Å². The predicted octanol–water partition coefficient (Wildman–Crippen LogP) is 0.826. The molecule has 1 heterocycles. The van der Waals surface area contributed by atoms with Gasteiger partial charge in [0.05, 0.1) is 5.75 Å².